The highest BCUT2D eigenvalue weighted by molar-refractivity contribution is 5.83. The Morgan fingerprint density at radius 1 is 1.40 bits per heavy atom. The van der Waals surface area contributed by atoms with Gasteiger partial charge in [0.15, 0.2) is 0 Å². The van der Waals surface area contributed by atoms with Crippen molar-refractivity contribution in [2.24, 2.45) is 17.8 Å². The molecule has 0 aromatic carbocycles. The summed E-state index contributed by atoms with van der Waals surface area (Å²) in [5.41, 5.74) is 0. The van der Waals surface area contributed by atoms with Gasteiger partial charge in [0, 0.05) is 12.6 Å². The largest absolute Gasteiger partial charge is 0.377 e. The quantitative estimate of drug-likeness (QED) is 0.766. The van der Waals surface area contributed by atoms with E-state index in [0.29, 0.717) is 17.9 Å². The summed E-state index contributed by atoms with van der Waals surface area (Å²) in [5.74, 6) is 1.56. The van der Waals surface area contributed by atoms with Gasteiger partial charge >= 0.3 is 0 Å². The van der Waals surface area contributed by atoms with Crippen LogP contribution in [-0.2, 0) is 9.53 Å². The average Bonchev–Trinajstić information content (AvgIpc) is 2.71. The molecule has 0 unspecified atom stereocenters. The fraction of sp³-hybridized carbons (Fsp3) is 0.917. The minimum Gasteiger partial charge on any atom is -0.377 e. The number of hydrogen-bond acceptors (Lipinski definition) is 2. The molecule has 3 heteroatoms. The van der Waals surface area contributed by atoms with Crippen LogP contribution in [-0.4, -0.2) is 24.7 Å². The van der Waals surface area contributed by atoms with Gasteiger partial charge in [0.05, 0.1) is 12.0 Å². The fourth-order valence-electron chi connectivity index (χ4n) is 2.35. The van der Waals surface area contributed by atoms with Crippen LogP contribution in [0.5, 0.6) is 0 Å². The number of ether oxygens (including phenoxy) is 1. The standard InChI is InChI=1S/C12H21NO2/c1-7(2)8(3)6-15-11-5-9-4-10(11)12(14)13-9/h7-11H,4-6H2,1-3H3,(H,13,14)/t8-,9-,10+,11+/m0/s1. The first-order valence-electron chi connectivity index (χ1n) is 6.00. The number of piperidine rings is 1. The number of carbonyl (C=O) groups excluding carboxylic acids is 1. The minimum atomic E-state index is 0.134. The number of rotatable bonds is 4. The predicted octanol–water partition coefficient (Wildman–Crippen LogP) is 1.57. The Balaban J connectivity index is 1.79. The lowest BCUT2D eigenvalue weighted by atomic mass is 9.99. The van der Waals surface area contributed by atoms with Crippen LogP contribution in [0.1, 0.15) is 33.6 Å². The van der Waals surface area contributed by atoms with E-state index < -0.39 is 0 Å². The molecular weight excluding hydrogens is 190 g/mol. The molecule has 15 heavy (non-hydrogen) atoms. The van der Waals surface area contributed by atoms with E-state index in [2.05, 4.69) is 26.1 Å². The van der Waals surface area contributed by atoms with Gasteiger partial charge in [-0.2, -0.15) is 0 Å². The van der Waals surface area contributed by atoms with Crippen LogP contribution in [0.15, 0.2) is 0 Å². The number of amides is 1. The van der Waals surface area contributed by atoms with Gasteiger partial charge in [-0.25, -0.2) is 0 Å². The van der Waals surface area contributed by atoms with Gasteiger partial charge in [-0.1, -0.05) is 20.8 Å². The van der Waals surface area contributed by atoms with Crippen LogP contribution in [0.4, 0.5) is 0 Å². The Morgan fingerprint density at radius 2 is 2.13 bits per heavy atom. The third-order valence-corrected chi connectivity index (χ3v) is 3.90. The van der Waals surface area contributed by atoms with Crippen molar-refractivity contribution in [2.45, 2.75) is 45.8 Å². The number of nitrogens with one attached hydrogen (secondary N) is 1. The minimum absolute atomic E-state index is 0.134. The van der Waals surface area contributed by atoms with Crippen LogP contribution in [0.3, 0.4) is 0 Å². The van der Waals surface area contributed by atoms with Crippen molar-refractivity contribution < 1.29 is 9.53 Å². The van der Waals surface area contributed by atoms with Gasteiger partial charge in [-0.3, -0.25) is 4.79 Å². The molecule has 1 aliphatic carbocycles. The van der Waals surface area contributed by atoms with Crippen molar-refractivity contribution in [3.8, 4) is 0 Å². The summed E-state index contributed by atoms with van der Waals surface area (Å²) in [6.07, 6.45) is 2.19. The van der Waals surface area contributed by atoms with E-state index in [0.717, 1.165) is 19.4 Å². The molecule has 0 aromatic heterocycles. The molecule has 1 aliphatic heterocycles. The number of fused-ring (bicyclic) bond motifs is 2. The molecule has 1 saturated heterocycles. The molecule has 0 aromatic rings. The SMILES string of the molecule is CC(C)[C@@H](C)CO[C@@H]1C[C@@H]2C[C@H]1C(=O)N2. The molecule has 1 saturated carbocycles. The van der Waals surface area contributed by atoms with Gasteiger partial charge in [0.1, 0.15) is 0 Å². The highest BCUT2D eigenvalue weighted by Crippen LogP contribution is 2.34. The summed E-state index contributed by atoms with van der Waals surface area (Å²) in [6.45, 7) is 7.42. The second kappa shape index (κ2) is 4.12. The smallest absolute Gasteiger partial charge is 0.226 e. The van der Waals surface area contributed by atoms with Crippen LogP contribution >= 0.6 is 0 Å². The van der Waals surface area contributed by atoms with E-state index in [9.17, 15) is 4.79 Å². The van der Waals surface area contributed by atoms with Crippen molar-refractivity contribution in [1.29, 1.82) is 0 Å². The first-order chi connectivity index (χ1) is 7.08. The van der Waals surface area contributed by atoms with Gasteiger partial charge in [-0.15, -0.1) is 0 Å². The van der Waals surface area contributed by atoms with Gasteiger partial charge in [0.2, 0.25) is 5.91 Å². The van der Waals surface area contributed by atoms with Crippen LogP contribution in [0.2, 0.25) is 0 Å². The second-order valence-corrected chi connectivity index (χ2v) is 5.38. The summed E-state index contributed by atoms with van der Waals surface area (Å²) >= 11 is 0. The molecular formula is C12H21NO2. The summed E-state index contributed by atoms with van der Waals surface area (Å²) in [7, 11) is 0. The Labute approximate surface area is 91.6 Å². The maximum absolute atomic E-state index is 11.4. The van der Waals surface area contributed by atoms with E-state index in [1.54, 1.807) is 0 Å². The third kappa shape index (κ3) is 2.17. The zero-order valence-corrected chi connectivity index (χ0v) is 9.82. The van der Waals surface area contributed by atoms with E-state index in [-0.39, 0.29) is 17.9 Å². The Kier molecular flexibility index (Phi) is 3.01. The van der Waals surface area contributed by atoms with E-state index >= 15 is 0 Å². The monoisotopic (exact) mass is 211 g/mol. The number of hydrogen-bond donors (Lipinski definition) is 1. The fourth-order valence-corrected chi connectivity index (χ4v) is 2.35. The van der Waals surface area contributed by atoms with Gasteiger partial charge in [0.25, 0.3) is 0 Å². The van der Waals surface area contributed by atoms with Crippen molar-refractivity contribution in [2.75, 3.05) is 6.61 Å². The molecule has 3 nitrogen and oxygen atoms in total. The summed E-state index contributed by atoms with van der Waals surface area (Å²) in [4.78, 5) is 11.4. The molecule has 2 rings (SSSR count). The highest BCUT2D eigenvalue weighted by atomic mass is 16.5. The molecule has 1 N–H and O–H groups in total. The van der Waals surface area contributed by atoms with Gasteiger partial charge in [-0.05, 0) is 24.7 Å². The lowest BCUT2D eigenvalue weighted by molar-refractivity contribution is -0.129. The van der Waals surface area contributed by atoms with Crippen LogP contribution < -0.4 is 5.32 Å². The Hall–Kier alpha value is -0.570. The van der Waals surface area contributed by atoms with E-state index in [1.165, 1.54) is 0 Å². The third-order valence-electron chi connectivity index (χ3n) is 3.90. The molecule has 2 fully saturated rings. The molecule has 1 heterocycles. The molecule has 0 radical (unpaired) electrons. The van der Waals surface area contributed by atoms with Crippen LogP contribution in [0.25, 0.3) is 0 Å². The number of carbonyl (C=O) groups is 1. The lowest BCUT2D eigenvalue weighted by Gasteiger charge is -2.24. The van der Waals surface area contributed by atoms with E-state index in [1.807, 2.05) is 0 Å². The molecule has 2 bridgehead atoms. The molecule has 0 spiro atoms. The van der Waals surface area contributed by atoms with Gasteiger partial charge < -0.3 is 10.1 Å². The van der Waals surface area contributed by atoms with Crippen molar-refractivity contribution in [3.05, 3.63) is 0 Å². The summed E-state index contributed by atoms with van der Waals surface area (Å²) in [5, 5.41) is 2.97. The molecule has 1 amide bonds. The zero-order chi connectivity index (χ0) is 11.0. The maximum atomic E-state index is 11.4. The Bertz CT molecular complexity index is 252. The Morgan fingerprint density at radius 3 is 2.67 bits per heavy atom. The first kappa shape index (κ1) is 10.9. The topological polar surface area (TPSA) is 38.3 Å². The molecule has 4 atom stereocenters. The van der Waals surface area contributed by atoms with Crippen molar-refractivity contribution in [1.82, 2.24) is 5.32 Å². The van der Waals surface area contributed by atoms with Crippen molar-refractivity contribution in [3.63, 3.8) is 0 Å². The second-order valence-electron chi connectivity index (χ2n) is 5.38. The summed E-state index contributed by atoms with van der Waals surface area (Å²) < 4.78 is 5.87. The molecule has 86 valence electrons. The predicted molar refractivity (Wildman–Crippen MR) is 58.4 cm³/mol. The normalized spacial score (nSPS) is 36.0. The zero-order valence-electron chi connectivity index (χ0n) is 9.82. The van der Waals surface area contributed by atoms with Crippen LogP contribution in [0, 0.1) is 17.8 Å². The summed E-state index contributed by atoms with van der Waals surface area (Å²) in [6, 6.07) is 0.391. The lowest BCUT2D eigenvalue weighted by Crippen LogP contribution is -2.39. The first-order valence-corrected chi connectivity index (χ1v) is 6.00. The molecule has 2 aliphatic rings. The van der Waals surface area contributed by atoms with Crippen molar-refractivity contribution >= 4 is 5.91 Å². The maximum Gasteiger partial charge on any atom is 0.226 e. The highest BCUT2D eigenvalue weighted by Gasteiger charge is 2.46. The average molecular weight is 211 g/mol. The van der Waals surface area contributed by atoms with E-state index in [4.69, 9.17) is 4.74 Å².